The second-order valence-corrected chi connectivity index (χ2v) is 7.24. The average Bonchev–Trinajstić information content (AvgIpc) is 2.84. The zero-order valence-corrected chi connectivity index (χ0v) is 14.4. The summed E-state index contributed by atoms with van der Waals surface area (Å²) in [5, 5.41) is 8.70. The summed E-state index contributed by atoms with van der Waals surface area (Å²) in [7, 11) is 0. The molecule has 4 heteroatoms. The molecule has 1 aliphatic carbocycles. The molecule has 1 aliphatic heterocycles. The van der Waals surface area contributed by atoms with Crippen LogP contribution in [0.1, 0.15) is 55.8 Å². The van der Waals surface area contributed by atoms with Gasteiger partial charge >= 0.3 is 0 Å². The Morgan fingerprint density at radius 1 is 0.958 bits per heavy atom. The van der Waals surface area contributed by atoms with Crippen LogP contribution >= 0.6 is 0 Å². The standard InChI is InChI=1S/C20H28N4/c21-16-9-7-15(8-10-16)20-18-11-13-22-14-12-19(18)24(23-20)17-5-3-1-2-4-6-17/h7-10,17,22H,1-6,11-14,21H2. The first-order chi connectivity index (χ1) is 11.8. The van der Waals surface area contributed by atoms with Crippen LogP contribution in [0.3, 0.4) is 0 Å². The number of nitrogens with zero attached hydrogens (tertiary/aromatic N) is 2. The Bertz CT molecular complexity index is 678. The average molecular weight is 324 g/mol. The lowest BCUT2D eigenvalue weighted by Gasteiger charge is -2.18. The number of anilines is 1. The Hall–Kier alpha value is -1.81. The van der Waals surface area contributed by atoms with Gasteiger partial charge in [0.05, 0.1) is 11.7 Å². The van der Waals surface area contributed by atoms with Gasteiger partial charge in [-0.15, -0.1) is 0 Å². The van der Waals surface area contributed by atoms with E-state index in [0.717, 1.165) is 31.6 Å². The van der Waals surface area contributed by atoms with Gasteiger partial charge in [0, 0.05) is 35.5 Å². The quantitative estimate of drug-likeness (QED) is 0.654. The number of hydrogen-bond acceptors (Lipinski definition) is 3. The highest BCUT2D eigenvalue weighted by molar-refractivity contribution is 5.66. The third-order valence-corrected chi connectivity index (χ3v) is 5.56. The van der Waals surface area contributed by atoms with Crippen LogP contribution in [0.25, 0.3) is 11.3 Å². The first kappa shape index (κ1) is 15.7. The highest BCUT2D eigenvalue weighted by Gasteiger charge is 2.25. The zero-order chi connectivity index (χ0) is 16.4. The third kappa shape index (κ3) is 3.07. The van der Waals surface area contributed by atoms with Gasteiger partial charge < -0.3 is 11.1 Å². The number of nitrogens with one attached hydrogen (secondary N) is 1. The van der Waals surface area contributed by atoms with E-state index in [9.17, 15) is 0 Å². The molecule has 0 bridgehead atoms. The monoisotopic (exact) mass is 324 g/mol. The van der Waals surface area contributed by atoms with Crippen LogP contribution in [0.15, 0.2) is 24.3 Å². The number of benzene rings is 1. The number of rotatable bonds is 2. The molecule has 1 aromatic carbocycles. The smallest absolute Gasteiger partial charge is 0.0958 e. The fourth-order valence-electron chi connectivity index (χ4n) is 4.25. The molecular weight excluding hydrogens is 296 g/mol. The molecule has 0 atom stereocenters. The van der Waals surface area contributed by atoms with E-state index in [1.807, 2.05) is 12.1 Å². The summed E-state index contributed by atoms with van der Waals surface area (Å²) >= 11 is 0. The topological polar surface area (TPSA) is 55.9 Å². The second kappa shape index (κ2) is 6.98. The fraction of sp³-hybridized carbons (Fsp3) is 0.550. The second-order valence-electron chi connectivity index (χ2n) is 7.24. The van der Waals surface area contributed by atoms with Crippen molar-refractivity contribution in [3.63, 3.8) is 0 Å². The molecule has 24 heavy (non-hydrogen) atoms. The van der Waals surface area contributed by atoms with Crippen LogP contribution in [0.4, 0.5) is 5.69 Å². The highest BCUT2D eigenvalue weighted by atomic mass is 15.3. The number of hydrogen-bond donors (Lipinski definition) is 2. The van der Waals surface area contributed by atoms with Crippen molar-refractivity contribution in [3.8, 4) is 11.3 Å². The maximum absolute atomic E-state index is 5.87. The molecule has 0 unspecified atom stereocenters. The van der Waals surface area contributed by atoms with Crippen molar-refractivity contribution in [3.05, 3.63) is 35.5 Å². The first-order valence-corrected chi connectivity index (χ1v) is 9.50. The van der Waals surface area contributed by atoms with Crippen LogP contribution < -0.4 is 11.1 Å². The van der Waals surface area contributed by atoms with Gasteiger partial charge in [-0.1, -0.05) is 37.8 Å². The molecule has 2 aliphatic rings. The molecule has 1 aromatic heterocycles. The molecule has 128 valence electrons. The number of nitrogens with two attached hydrogens (primary N) is 1. The van der Waals surface area contributed by atoms with Gasteiger partial charge in [0.25, 0.3) is 0 Å². The SMILES string of the molecule is Nc1ccc(-c2nn(C3CCCCCC3)c3c2CCNCC3)cc1. The van der Waals surface area contributed by atoms with E-state index in [1.54, 1.807) is 0 Å². The molecule has 0 radical (unpaired) electrons. The van der Waals surface area contributed by atoms with Gasteiger partial charge in [-0.25, -0.2) is 0 Å². The summed E-state index contributed by atoms with van der Waals surface area (Å²) in [6, 6.07) is 8.80. The molecule has 3 N–H and O–H groups in total. The lowest BCUT2D eigenvalue weighted by molar-refractivity contribution is 0.393. The van der Waals surface area contributed by atoms with Crippen molar-refractivity contribution in [2.75, 3.05) is 18.8 Å². The molecule has 0 saturated heterocycles. The van der Waals surface area contributed by atoms with E-state index in [-0.39, 0.29) is 0 Å². The zero-order valence-electron chi connectivity index (χ0n) is 14.4. The van der Waals surface area contributed by atoms with Gasteiger partial charge in [-0.05, 0) is 37.9 Å². The highest BCUT2D eigenvalue weighted by Crippen LogP contribution is 2.34. The summed E-state index contributed by atoms with van der Waals surface area (Å²) in [5.41, 5.74) is 12.0. The van der Waals surface area contributed by atoms with Gasteiger partial charge in [-0.2, -0.15) is 5.10 Å². The lowest BCUT2D eigenvalue weighted by Crippen LogP contribution is -2.19. The largest absolute Gasteiger partial charge is 0.399 e. The molecule has 4 nitrogen and oxygen atoms in total. The predicted molar refractivity (Wildman–Crippen MR) is 99.1 cm³/mol. The third-order valence-electron chi connectivity index (χ3n) is 5.56. The van der Waals surface area contributed by atoms with Gasteiger partial charge in [-0.3, -0.25) is 4.68 Å². The normalized spacial score (nSPS) is 19.5. The van der Waals surface area contributed by atoms with Crippen LogP contribution in [0.5, 0.6) is 0 Å². The van der Waals surface area contributed by atoms with Gasteiger partial charge in [0.1, 0.15) is 0 Å². The summed E-state index contributed by atoms with van der Waals surface area (Å²) in [4.78, 5) is 0. The van der Waals surface area contributed by atoms with E-state index in [4.69, 9.17) is 10.8 Å². The minimum atomic E-state index is 0.585. The number of aromatic nitrogens is 2. The first-order valence-electron chi connectivity index (χ1n) is 9.50. The molecule has 1 fully saturated rings. The molecule has 2 aromatic rings. The van der Waals surface area contributed by atoms with Gasteiger partial charge in [0.2, 0.25) is 0 Å². The van der Waals surface area contributed by atoms with Crippen molar-refractivity contribution in [2.24, 2.45) is 0 Å². The molecular formula is C20H28N4. The van der Waals surface area contributed by atoms with Gasteiger partial charge in [0.15, 0.2) is 0 Å². The van der Waals surface area contributed by atoms with E-state index in [1.165, 1.54) is 61.0 Å². The molecule has 0 amide bonds. The molecule has 1 saturated carbocycles. The van der Waals surface area contributed by atoms with E-state index in [0.29, 0.717) is 6.04 Å². The van der Waals surface area contributed by atoms with E-state index < -0.39 is 0 Å². The summed E-state index contributed by atoms with van der Waals surface area (Å²) < 4.78 is 2.40. The van der Waals surface area contributed by atoms with Crippen molar-refractivity contribution in [1.82, 2.24) is 15.1 Å². The fourth-order valence-corrected chi connectivity index (χ4v) is 4.25. The molecule has 4 rings (SSSR count). The van der Waals surface area contributed by atoms with Crippen molar-refractivity contribution >= 4 is 5.69 Å². The summed E-state index contributed by atoms with van der Waals surface area (Å²) in [6.45, 7) is 2.11. The predicted octanol–water partition coefficient (Wildman–Crippen LogP) is 3.72. The Morgan fingerprint density at radius 2 is 1.67 bits per heavy atom. The molecule has 2 heterocycles. The summed E-state index contributed by atoms with van der Waals surface area (Å²) in [5.74, 6) is 0. The van der Waals surface area contributed by atoms with E-state index in [2.05, 4.69) is 22.1 Å². The van der Waals surface area contributed by atoms with Crippen LogP contribution in [-0.2, 0) is 12.8 Å². The maximum Gasteiger partial charge on any atom is 0.0958 e. The lowest BCUT2D eigenvalue weighted by atomic mass is 10.0. The Labute approximate surface area is 144 Å². The van der Waals surface area contributed by atoms with E-state index >= 15 is 0 Å². The maximum atomic E-state index is 5.87. The number of fused-ring (bicyclic) bond motifs is 1. The minimum Gasteiger partial charge on any atom is -0.399 e. The van der Waals surface area contributed by atoms with Crippen LogP contribution in [0, 0.1) is 0 Å². The minimum absolute atomic E-state index is 0.585. The van der Waals surface area contributed by atoms with Crippen LogP contribution in [-0.4, -0.2) is 22.9 Å². The Kier molecular flexibility index (Phi) is 4.56. The van der Waals surface area contributed by atoms with Crippen molar-refractivity contribution in [2.45, 2.75) is 57.4 Å². The van der Waals surface area contributed by atoms with Crippen molar-refractivity contribution < 1.29 is 0 Å². The number of nitrogen functional groups attached to an aromatic ring is 1. The molecule has 0 spiro atoms. The Balaban J connectivity index is 1.77. The van der Waals surface area contributed by atoms with Crippen molar-refractivity contribution in [1.29, 1.82) is 0 Å². The Morgan fingerprint density at radius 3 is 2.42 bits per heavy atom. The summed E-state index contributed by atoms with van der Waals surface area (Å²) in [6.07, 6.45) is 10.2. The van der Waals surface area contributed by atoms with Crippen LogP contribution in [0.2, 0.25) is 0 Å².